The molecular formula is C13H17Br2N3O2. The molecule has 1 amide bonds. The highest BCUT2D eigenvalue weighted by atomic mass is 79.9. The van der Waals surface area contributed by atoms with Gasteiger partial charge in [-0.2, -0.15) is 0 Å². The second kappa shape index (κ2) is 7.64. The van der Waals surface area contributed by atoms with E-state index in [2.05, 4.69) is 37.0 Å². The minimum absolute atomic E-state index is 0.0988. The van der Waals surface area contributed by atoms with Gasteiger partial charge in [0.2, 0.25) is 0 Å². The van der Waals surface area contributed by atoms with Gasteiger partial charge in [-0.05, 0) is 41.1 Å². The molecule has 0 bridgehead atoms. The average molecular weight is 407 g/mol. The Morgan fingerprint density at radius 1 is 1.50 bits per heavy atom. The van der Waals surface area contributed by atoms with E-state index in [1.54, 1.807) is 17.9 Å². The number of amidine groups is 1. The quantitative estimate of drug-likeness (QED) is 0.341. The molecule has 0 aliphatic rings. The minimum atomic E-state index is -0.213. The van der Waals surface area contributed by atoms with Crippen molar-refractivity contribution in [1.82, 2.24) is 4.90 Å². The number of carbonyl (C=O) groups excluding carboxylic acids is 1. The molecule has 0 saturated carbocycles. The lowest BCUT2D eigenvalue weighted by Crippen LogP contribution is -2.38. The fraction of sp³-hybridized carbons (Fsp3) is 0.385. The van der Waals surface area contributed by atoms with Crippen molar-refractivity contribution in [2.75, 3.05) is 13.1 Å². The molecule has 0 saturated heterocycles. The summed E-state index contributed by atoms with van der Waals surface area (Å²) < 4.78 is 1.57. The van der Waals surface area contributed by atoms with Crippen molar-refractivity contribution in [3.8, 4) is 0 Å². The highest BCUT2D eigenvalue weighted by molar-refractivity contribution is 9.11. The predicted octanol–water partition coefficient (Wildman–Crippen LogP) is 3.06. The van der Waals surface area contributed by atoms with Gasteiger partial charge in [-0.3, -0.25) is 4.79 Å². The van der Waals surface area contributed by atoms with Crippen molar-refractivity contribution >= 4 is 43.6 Å². The molecule has 0 heterocycles. The van der Waals surface area contributed by atoms with Crippen LogP contribution in [0.5, 0.6) is 0 Å². The standard InChI is InChI=1S/C13H17Br2N3O2/c1-3-18(7-8(2)12(16)17-20)13(19)10-6-9(14)4-5-11(10)15/h4-6,8,20H,3,7H2,1-2H3,(H2,16,17). The van der Waals surface area contributed by atoms with Gasteiger partial charge in [0.15, 0.2) is 0 Å². The molecule has 0 aliphatic heterocycles. The Hall–Kier alpha value is -1.08. The maximum absolute atomic E-state index is 12.5. The highest BCUT2D eigenvalue weighted by Crippen LogP contribution is 2.23. The molecule has 0 aromatic heterocycles. The Bertz CT molecular complexity index is 520. The summed E-state index contributed by atoms with van der Waals surface area (Å²) in [5.74, 6) is -0.197. The number of hydrogen-bond donors (Lipinski definition) is 2. The smallest absolute Gasteiger partial charge is 0.255 e. The first-order valence-corrected chi connectivity index (χ1v) is 7.71. The molecule has 0 fully saturated rings. The van der Waals surface area contributed by atoms with Crippen molar-refractivity contribution in [3.05, 3.63) is 32.7 Å². The Morgan fingerprint density at radius 3 is 2.70 bits per heavy atom. The molecule has 3 N–H and O–H groups in total. The zero-order valence-corrected chi connectivity index (χ0v) is 14.5. The number of carbonyl (C=O) groups is 1. The number of oxime groups is 1. The van der Waals surface area contributed by atoms with Crippen LogP contribution in [0.1, 0.15) is 24.2 Å². The van der Waals surface area contributed by atoms with Crippen molar-refractivity contribution in [2.24, 2.45) is 16.8 Å². The van der Waals surface area contributed by atoms with E-state index < -0.39 is 0 Å². The second-order valence-electron chi connectivity index (χ2n) is 4.39. The Labute approximate surface area is 135 Å². The van der Waals surface area contributed by atoms with Gasteiger partial charge >= 0.3 is 0 Å². The van der Waals surface area contributed by atoms with Crippen molar-refractivity contribution < 1.29 is 10.0 Å². The van der Waals surface area contributed by atoms with E-state index in [1.165, 1.54) is 0 Å². The molecule has 1 aromatic carbocycles. The topological polar surface area (TPSA) is 78.9 Å². The third-order valence-corrected chi connectivity index (χ3v) is 4.13. The van der Waals surface area contributed by atoms with E-state index in [4.69, 9.17) is 10.9 Å². The van der Waals surface area contributed by atoms with Crippen LogP contribution in [-0.2, 0) is 0 Å². The summed E-state index contributed by atoms with van der Waals surface area (Å²) in [5, 5.41) is 11.7. The van der Waals surface area contributed by atoms with Crippen molar-refractivity contribution in [2.45, 2.75) is 13.8 Å². The average Bonchev–Trinajstić information content (AvgIpc) is 2.45. The molecule has 1 atom stereocenters. The van der Waals surface area contributed by atoms with Gasteiger partial charge in [-0.25, -0.2) is 0 Å². The van der Waals surface area contributed by atoms with Crippen LogP contribution < -0.4 is 5.73 Å². The molecular weight excluding hydrogens is 390 g/mol. The molecule has 1 rings (SSSR count). The number of halogens is 2. The second-order valence-corrected chi connectivity index (χ2v) is 6.16. The first-order chi connectivity index (χ1) is 9.40. The molecule has 20 heavy (non-hydrogen) atoms. The van der Waals surface area contributed by atoms with Crippen molar-refractivity contribution in [3.63, 3.8) is 0 Å². The fourth-order valence-corrected chi connectivity index (χ4v) is 2.49. The van der Waals surface area contributed by atoms with Crippen LogP contribution in [0.3, 0.4) is 0 Å². The van der Waals surface area contributed by atoms with Gasteiger partial charge in [-0.1, -0.05) is 28.0 Å². The lowest BCUT2D eigenvalue weighted by Gasteiger charge is -2.24. The summed E-state index contributed by atoms with van der Waals surface area (Å²) in [6, 6.07) is 5.44. The monoisotopic (exact) mass is 405 g/mol. The van der Waals surface area contributed by atoms with E-state index in [0.717, 1.165) is 8.95 Å². The normalized spacial score (nSPS) is 13.1. The first kappa shape index (κ1) is 17.0. The van der Waals surface area contributed by atoms with Crippen LogP contribution in [0.25, 0.3) is 0 Å². The summed E-state index contributed by atoms with van der Waals surface area (Å²) in [7, 11) is 0. The SMILES string of the molecule is CCN(CC(C)/C(N)=N/O)C(=O)c1cc(Br)ccc1Br. The van der Waals surface area contributed by atoms with Crippen LogP contribution >= 0.6 is 31.9 Å². The van der Waals surface area contributed by atoms with Gasteiger partial charge in [0, 0.05) is 28.0 Å². The number of nitrogens with zero attached hydrogens (tertiary/aromatic N) is 2. The molecule has 0 spiro atoms. The number of nitrogens with two attached hydrogens (primary N) is 1. The number of amides is 1. The van der Waals surface area contributed by atoms with E-state index in [9.17, 15) is 4.79 Å². The van der Waals surface area contributed by atoms with Gasteiger partial charge in [-0.15, -0.1) is 0 Å². The Morgan fingerprint density at radius 2 is 2.15 bits per heavy atom. The lowest BCUT2D eigenvalue weighted by molar-refractivity contribution is 0.0753. The zero-order chi connectivity index (χ0) is 15.3. The van der Waals surface area contributed by atoms with Gasteiger partial charge < -0.3 is 15.8 Å². The third-order valence-electron chi connectivity index (χ3n) is 2.94. The van der Waals surface area contributed by atoms with E-state index in [-0.39, 0.29) is 17.7 Å². The first-order valence-electron chi connectivity index (χ1n) is 6.12. The number of hydrogen-bond acceptors (Lipinski definition) is 3. The van der Waals surface area contributed by atoms with E-state index in [1.807, 2.05) is 19.1 Å². The van der Waals surface area contributed by atoms with Crippen LogP contribution in [0.2, 0.25) is 0 Å². The maximum atomic E-state index is 12.5. The summed E-state index contributed by atoms with van der Waals surface area (Å²) in [5.41, 5.74) is 6.13. The molecule has 7 heteroatoms. The Balaban J connectivity index is 2.95. The maximum Gasteiger partial charge on any atom is 0.255 e. The predicted molar refractivity (Wildman–Crippen MR) is 86.0 cm³/mol. The minimum Gasteiger partial charge on any atom is -0.409 e. The molecule has 5 nitrogen and oxygen atoms in total. The van der Waals surface area contributed by atoms with Crippen molar-refractivity contribution in [1.29, 1.82) is 0 Å². The molecule has 1 aromatic rings. The summed E-state index contributed by atoms with van der Waals surface area (Å²) in [6.45, 7) is 4.63. The summed E-state index contributed by atoms with van der Waals surface area (Å²) in [4.78, 5) is 14.2. The van der Waals surface area contributed by atoms with Gasteiger partial charge in [0.1, 0.15) is 5.84 Å². The molecule has 1 unspecified atom stereocenters. The van der Waals surface area contributed by atoms with Crippen LogP contribution in [-0.4, -0.2) is 34.9 Å². The van der Waals surface area contributed by atoms with Crippen LogP contribution in [0.4, 0.5) is 0 Å². The highest BCUT2D eigenvalue weighted by Gasteiger charge is 2.20. The number of benzene rings is 1. The van der Waals surface area contributed by atoms with Crippen LogP contribution in [0.15, 0.2) is 32.3 Å². The van der Waals surface area contributed by atoms with E-state index >= 15 is 0 Å². The lowest BCUT2D eigenvalue weighted by atomic mass is 10.1. The molecule has 110 valence electrons. The largest absolute Gasteiger partial charge is 0.409 e. The molecule has 0 aliphatic carbocycles. The molecule has 0 radical (unpaired) electrons. The van der Waals surface area contributed by atoms with Crippen LogP contribution in [0, 0.1) is 5.92 Å². The summed E-state index contributed by atoms with van der Waals surface area (Å²) in [6.07, 6.45) is 0. The Kier molecular flexibility index (Phi) is 6.48. The number of rotatable bonds is 5. The van der Waals surface area contributed by atoms with E-state index in [0.29, 0.717) is 18.7 Å². The summed E-state index contributed by atoms with van der Waals surface area (Å²) >= 11 is 6.74. The fourth-order valence-electron chi connectivity index (χ4n) is 1.71. The van der Waals surface area contributed by atoms with Gasteiger partial charge in [0.05, 0.1) is 5.56 Å². The zero-order valence-electron chi connectivity index (χ0n) is 11.3. The third kappa shape index (κ3) is 4.21. The van der Waals surface area contributed by atoms with Gasteiger partial charge in [0.25, 0.3) is 5.91 Å².